The number of aromatic amines is 1. The first-order valence-corrected chi connectivity index (χ1v) is 9.41. The van der Waals surface area contributed by atoms with E-state index in [0.29, 0.717) is 34.5 Å². The molecule has 4 heterocycles. The molecule has 2 aliphatic rings. The fraction of sp³-hybridized carbons (Fsp3) is 0.0455. The third-order valence-electron chi connectivity index (χ3n) is 4.70. The van der Waals surface area contributed by atoms with Crippen LogP contribution in [0.4, 0.5) is 0 Å². The molecule has 0 atom stereocenters. The molecule has 142 valence electrons. The van der Waals surface area contributed by atoms with E-state index in [9.17, 15) is 4.79 Å². The number of benzene rings is 1. The Kier molecular flexibility index (Phi) is 4.26. The molecule has 0 saturated heterocycles. The summed E-state index contributed by atoms with van der Waals surface area (Å²) in [5, 5.41) is 0.365. The molecule has 7 heteroatoms. The van der Waals surface area contributed by atoms with Crippen LogP contribution in [-0.4, -0.2) is 19.5 Å². The zero-order valence-corrected chi connectivity index (χ0v) is 15.9. The molecule has 1 N–H and O–H groups in total. The van der Waals surface area contributed by atoms with E-state index < -0.39 is 0 Å². The second-order valence-corrected chi connectivity index (χ2v) is 6.98. The van der Waals surface area contributed by atoms with Crippen molar-refractivity contribution in [3.05, 3.63) is 100 Å². The summed E-state index contributed by atoms with van der Waals surface area (Å²) >= 11 is 6.11. The lowest BCUT2D eigenvalue weighted by Gasteiger charge is -2.13. The fourth-order valence-electron chi connectivity index (χ4n) is 3.33. The highest BCUT2D eigenvalue weighted by Gasteiger charge is 2.21. The number of H-pyrrole nitrogens is 1. The molecule has 0 radical (unpaired) electrons. The van der Waals surface area contributed by atoms with E-state index >= 15 is 0 Å². The number of nitrogens with one attached hydrogen (secondary N) is 1. The Balaban J connectivity index is 1.75. The maximum atomic E-state index is 13.1. The van der Waals surface area contributed by atoms with Gasteiger partial charge in [-0.25, -0.2) is 9.97 Å². The van der Waals surface area contributed by atoms with Crippen LogP contribution in [-0.2, 0) is 6.42 Å². The van der Waals surface area contributed by atoms with Crippen molar-refractivity contribution in [3.63, 3.8) is 0 Å². The van der Waals surface area contributed by atoms with Crippen molar-refractivity contribution in [3.8, 4) is 28.3 Å². The van der Waals surface area contributed by atoms with E-state index in [1.807, 2.05) is 42.5 Å². The normalized spacial score (nSPS) is 11.2. The number of hydrogen-bond donors (Lipinski definition) is 1. The quantitative estimate of drug-likeness (QED) is 0.447. The van der Waals surface area contributed by atoms with Gasteiger partial charge in [0.05, 0.1) is 24.1 Å². The Morgan fingerprint density at radius 2 is 1.93 bits per heavy atom. The van der Waals surface area contributed by atoms with E-state index in [0.717, 1.165) is 16.8 Å². The number of pyridine rings is 1. The minimum atomic E-state index is -0.177. The molecule has 0 saturated carbocycles. The van der Waals surface area contributed by atoms with Gasteiger partial charge in [-0.05, 0) is 29.8 Å². The van der Waals surface area contributed by atoms with Gasteiger partial charge in [0.1, 0.15) is 16.6 Å². The highest BCUT2D eigenvalue weighted by Crippen LogP contribution is 2.29. The maximum absolute atomic E-state index is 13.1. The summed E-state index contributed by atoms with van der Waals surface area (Å²) in [7, 11) is 0. The molecule has 0 aliphatic carbocycles. The molecule has 0 amide bonds. The number of furan rings is 1. The van der Waals surface area contributed by atoms with Crippen LogP contribution in [0.5, 0.6) is 0 Å². The minimum Gasteiger partial charge on any atom is -0.469 e. The molecule has 2 aliphatic heterocycles. The zero-order valence-electron chi connectivity index (χ0n) is 15.2. The van der Waals surface area contributed by atoms with E-state index in [1.54, 1.807) is 35.4 Å². The first-order valence-electron chi connectivity index (χ1n) is 9.03. The van der Waals surface area contributed by atoms with Crippen molar-refractivity contribution >= 4 is 11.6 Å². The summed E-state index contributed by atoms with van der Waals surface area (Å²) in [6, 6.07) is 17.0. The zero-order chi connectivity index (χ0) is 19.8. The van der Waals surface area contributed by atoms with Crippen LogP contribution in [0, 0.1) is 0 Å². The second-order valence-electron chi connectivity index (χ2n) is 6.59. The van der Waals surface area contributed by atoms with E-state index in [1.165, 1.54) is 0 Å². The average Bonchev–Trinajstić information content (AvgIpc) is 3.37. The number of nitrogens with zero attached hydrogens (tertiary/aromatic N) is 3. The molecule has 1 aromatic carbocycles. The molecule has 0 spiro atoms. The summed E-state index contributed by atoms with van der Waals surface area (Å²) in [5.74, 6) is 1.21. The number of aromatic nitrogens is 4. The summed E-state index contributed by atoms with van der Waals surface area (Å²) < 4.78 is 6.96. The number of rotatable bonds is 4. The average molecular weight is 403 g/mol. The van der Waals surface area contributed by atoms with E-state index in [-0.39, 0.29) is 5.56 Å². The number of halogens is 1. The highest BCUT2D eigenvalue weighted by atomic mass is 35.5. The maximum Gasteiger partial charge on any atom is 0.278 e. The Hall–Kier alpha value is -3.64. The summed E-state index contributed by atoms with van der Waals surface area (Å²) in [5.41, 5.74) is 3.47. The van der Waals surface area contributed by atoms with Crippen molar-refractivity contribution in [2.75, 3.05) is 0 Å². The number of hydrogen-bond acceptors (Lipinski definition) is 4. The van der Waals surface area contributed by atoms with E-state index in [2.05, 4.69) is 15.0 Å². The van der Waals surface area contributed by atoms with Gasteiger partial charge in [0, 0.05) is 18.0 Å². The second kappa shape index (κ2) is 7.07. The first-order chi connectivity index (χ1) is 14.2. The van der Waals surface area contributed by atoms with Crippen molar-refractivity contribution in [1.29, 1.82) is 0 Å². The van der Waals surface area contributed by atoms with Gasteiger partial charge in [-0.1, -0.05) is 41.9 Å². The molecule has 2 aromatic heterocycles. The van der Waals surface area contributed by atoms with Crippen LogP contribution in [0.25, 0.3) is 28.3 Å². The topological polar surface area (TPSA) is 76.7 Å². The number of fused-ring (bicyclic) bond motifs is 1. The van der Waals surface area contributed by atoms with Crippen molar-refractivity contribution in [2.45, 2.75) is 6.42 Å². The molecule has 0 fully saturated rings. The lowest BCUT2D eigenvalue weighted by molar-refractivity contribution is 0.519. The van der Waals surface area contributed by atoms with Gasteiger partial charge in [0.25, 0.3) is 5.56 Å². The Morgan fingerprint density at radius 3 is 2.69 bits per heavy atom. The minimum absolute atomic E-state index is 0.177. The molecule has 3 aromatic rings. The van der Waals surface area contributed by atoms with Gasteiger partial charge in [-0.2, -0.15) is 0 Å². The lowest BCUT2D eigenvalue weighted by Crippen LogP contribution is -2.16. The Morgan fingerprint density at radius 1 is 1.07 bits per heavy atom. The predicted molar refractivity (Wildman–Crippen MR) is 111 cm³/mol. The van der Waals surface area contributed by atoms with Gasteiger partial charge < -0.3 is 9.40 Å². The van der Waals surface area contributed by atoms with Gasteiger partial charge in [0.15, 0.2) is 5.82 Å². The molecule has 0 bridgehead atoms. The third kappa shape index (κ3) is 3.23. The molecule has 29 heavy (non-hydrogen) atoms. The van der Waals surface area contributed by atoms with Gasteiger partial charge in [0.2, 0.25) is 0 Å². The van der Waals surface area contributed by atoms with Gasteiger partial charge in [-0.3, -0.25) is 9.36 Å². The Labute approximate surface area is 170 Å². The molecular weight excluding hydrogens is 388 g/mol. The number of imidazole rings is 1. The van der Waals surface area contributed by atoms with E-state index in [4.69, 9.17) is 16.0 Å². The molecular formula is C22H15ClN4O2. The predicted octanol–water partition coefficient (Wildman–Crippen LogP) is 4.56. The first kappa shape index (κ1) is 17.5. The van der Waals surface area contributed by atoms with Crippen LogP contribution < -0.4 is 5.56 Å². The van der Waals surface area contributed by atoms with Crippen molar-refractivity contribution in [2.24, 2.45) is 0 Å². The molecule has 0 unspecified atom stereocenters. The van der Waals surface area contributed by atoms with Crippen LogP contribution in [0.2, 0.25) is 5.15 Å². The summed E-state index contributed by atoms with van der Waals surface area (Å²) in [6.45, 7) is 0. The summed E-state index contributed by atoms with van der Waals surface area (Å²) in [4.78, 5) is 25.2. The van der Waals surface area contributed by atoms with Gasteiger partial charge >= 0.3 is 0 Å². The van der Waals surface area contributed by atoms with Crippen LogP contribution >= 0.6 is 11.6 Å². The summed E-state index contributed by atoms with van der Waals surface area (Å²) in [6.07, 6.45) is 5.31. The Bertz CT molecular complexity index is 1310. The standard InChI is InChI=1S/C22H15ClN4O2/c23-19-11-15(8-9-24-19)20-21-26-17(12-16-7-4-10-29-16)22(28)27(21)13-18(25-20)14-5-2-1-3-6-14/h1-11,13,25H,12H2. The third-order valence-corrected chi connectivity index (χ3v) is 4.90. The van der Waals surface area contributed by atoms with Crippen molar-refractivity contribution in [1.82, 2.24) is 19.5 Å². The van der Waals surface area contributed by atoms with Crippen LogP contribution in [0.1, 0.15) is 11.5 Å². The SMILES string of the molecule is O=c1c(Cc2ccco2)nc2c(-c3ccnc(Cl)c3)[nH]c(-c3ccccc3)cn1-2. The fourth-order valence-corrected chi connectivity index (χ4v) is 3.50. The molecule has 6 nitrogen and oxygen atoms in total. The molecule has 5 rings (SSSR count). The van der Waals surface area contributed by atoms with Crippen molar-refractivity contribution < 1.29 is 4.42 Å². The largest absolute Gasteiger partial charge is 0.469 e. The van der Waals surface area contributed by atoms with Crippen LogP contribution in [0.15, 0.2) is 82.5 Å². The smallest absolute Gasteiger partial charge is 0.278 e. The highest BCUT2D eigenvalue weighted by molar-refractivity contribution is 6.29. The van der Waals surface area contributed by atoms with Gasteiger partial charge in [-0.15, -0.1) is 0 Å². The lowest BCUT2D eigenvalue weighted by atomic mass is 10.1. The van der Waals surface area contributed by atoms with Crippen LogP contribution in [0.3, 0.4) is 0 Å². The monoisotopic (exact) mass is 402 g/mol.